The SMILES string of the molecule is CCC[Si@H]1CC[C@H]([C@H]2CC[C@H](CCBr)CC2)CC1. The van der Waals surface area contributed by atoms with Gasteiger partial charge in [-0.15, -0.1) is 0 Å². The highest BCUT2D eigenvalue weighted by atomic mass is 79.9. The molecule has 0 nitrogen and oxygen atoms in total. The fourth-order valence-corrected chi connectivity index (χ4v) is 8.59. The summed E-state index contributed by atoms with van der Waals surface area (Å²) in [6, 6.07) is 4.99. The maximum atomic E-state index is 3.60. The van der Waals surface area contributed by atoms with Crippen LogP contribution in [0.25, 0.3) is 0 Å². The van der Waals surface area contributed by atoms with Gasteiger partial charge in [0.2, 0.25) is 0 Å². The van der Waals surface area contributed by atoms with Gasteiger partial charge in [-0.25, -0.2) is 0 Å². The molecule has 2 fully saturated rings. The summed E-state index contributed by atoms with van der Waals surface area (Å²) in [6.45, 7) is 2.38. The van der Waals surface area contributed by atoms with Gasteiger partial charge < -0.3 is 0 Å². The molecule has 1 heterocycles. The van der Waals surface area contributed by atoms with Crippen LogP contribution in [0.4, 0.5) is 0 Å². The van der Waals surface area contributed by atoms with E-state index in [0.717, 1.165) is 17.8 Å². The van der Waals surface area contributed by atoms with Crippen molar-refractivity contribution in [1.29, 1.82) is 0 Å². The third-order valence-electron chi connectivity index (χ3n) is 5.66. The quantitative estimate of drug-likeness (QED) is 0.453. The summed E-state index contributed by atoms with van der Waals surface area (Å²) in [4.78, 5) is 0. The highest BCUT2D eigenvalue weighted by Gasteiger charge is 2.30. The van der Waals surface area contributed by atoms with Crippen molar-refractivity contribution in [2.75, 3.05) is 5.33 Å². The minimum absolute atomic E-state index is 0.249. The average Bonchev–Trinajstić information content (AvgIpc) is 2.41. The topological polar surface area (TPSA) is 0 Å². The normalized spacial score (nSPS) is 37.7. The second kappa shape index (κ2) is 8.09. The summed E-state index contributed by atoms with van der Waals surface area (Å²) >= 11 is 3.60. The Balaban J connectivity index is 1.68. The maximum absolute atomic E-state index is 3.60. The second-order valence-corrected chi connectivity index (χ2v) is 11.1. The van der Waals surface area contributed by atoms with Crippen molar-refractivity contribution in [1.82, 2.24) is 0 Å². The zero-order valence-corrected chi connectivity index (χ0v) is 14.9. The molecule has 1 aliphatic heterocycles. The van der Waals surface area contributed by atoms with E-state index in [0.29, 0.717) is 0 Å². The highest BCUT2D eigenvalue weighted by molar-refractivity contribution is 9.09. The zero-order chi connectivity index (χ0) is 12.8. The van der Waals surface area contributed by atoms with Gasteiger partial charge in [-0.1, -0.05) is 73.1 Å². The van der Waals surface area contributed by atoms with Gasteiger partial charge in [0.25, 0.3) is 0 Å². The Morgan fingerprint density at radius 2 is 1.56 bits per heavy atom. The summed E-state index contributed by atoms with van der Waals surface area (Å²) in [5, 5.41) is 1.22. The van der Waals surface area contributed by atoms with E-state index in [2.05, 4.69) is 22.9 Å². The first kappa shape index (κ1) is 15.1. The molecule has 0 aromatic heterocycles. The molecule has 0 N–H and O–H groups in total. The molecule has 18 heavy (non-hydrogen) atoms. The van der Waals surface area contributed by atoms with E-state index in [4.69, 9.17) is 0 Å². The van der Waals surface area contributed by atoms with E-state index in [-0.39, 0.29) is 8.80 Å². The van der Waals surface area contributed by atoms with Gasteiger partial charge in [-0.05, 0) is 37.0 Å². The molecule has 0 amide bonds. The van der Waals surface area contributed by atoms with Crippen molar-refractivity contribution in [3.05, 3.63) is 0 Å². The van der Waals surface area contributed by atoms with E-state index < -0.39 is 0 Å². The third kappa shape index (κ3) is 4.37. The fraction of sp³-hybridized carbons (Fsp3) is 1.00. The maximum Gasteiger partial charge on any atom is 0.0367 e. The Morgan fingerprint density at radius 3 is 2.11 bits per heavy atom. The van der Waals surface area contributed by atoms with Gasteiger partial charge in [-0.3, -0.25) is 0 Å². The molecule has 0 bridgehead atoms. The van der Waals surface area contributed by atoms with Gasteiger partial charge in [0, 0.05) is 14.1 Å². The molecule has 0 unspecified atom stereocenters. The Bertz CT molecular complexity index is 191. The lowest BCUT2D eigenvalue weighted by atomic mass is 9.73. The molecule has 1 aliphatic carbocycles. The highest BCUT2D eigenvalue weighted by Crippen LogP contribution is 2.41. The first-order valence-corrected chi connectivity index (χ1v) is 12.0. The van der Waals surface area contributed by atoms with E-state index in [1.165, 1.54) is 31.0 Å². The van der Waals surface area contributed by atoms with Crippen LogP contribution in [0.2, 0.25) is 18.1 Å². The molecule has 2 rings (SSSR count). The number of hydrogen-bond donors (Lipinski definition) is 0. The number of alkyl halides is 1. The second-order valence-electron chi connectivity index (χ2n) is 6.83. The lowest BCUT2D eigenvalue weighted by molar-refractivity contribution is 0.189. The van der Waals surface area contributed by atoms with Gasteiger partial charge in [0.05, 0.1) is 0 Å². The van der Waals surface area contributed by atoms with Crippen LogP contribution in [0.3, 0.4) is 0 Å². The number of hydrogen-bond acceptors (Lipinski definition) is 0. The van der Waals surface area contributed by atoms with Crippen molar-refractivity contribution in [2.24, 2.45) is 17.8 Å². The van der Waals surface area contributed by atoms with E-state index in [1.807, 2.05) is 0 Å². The minimum Gasteiger partial charge on any atom is -0.0928 e. The van der Waals surface area contributed by atoms with Crippen LogP contribution in [0, 0.1) is 17.8 Å². The summed E-state index contributed by atoms with van der Waals surface area (Å²) in [7, 11) is -0.249. The first-order valence-electron chi connectivity index (χ1n) is 8.39. The largest absolute Gasteiger partial charge is 0.0928 e. The molecule has 1 saturated heterocycles. The summed E-state index contributed by atoms with van der Waals surface area (Å²) in [6.07, 6.45) is 12.3. The van der Waals surface area contributed by atoms with Crippen molar-refractivity contribution < 1.29 is 0 Å². The Morgan fingerprint density at radius 1 is 0.944 bits per heavy atom. The first-order chi connectivity index (χ1) is 8.83. The van der Waals surface area contributed by atoms with Crippen molar-refractivity contribution >= 4 is 24.7 Å². The summed E-state index contributed by atoms with van der Waals surface area (Å²) < 4.78 is 0. The van der Waals surface area contributed by atoms with E-state index in [1.54, 1.807) is 43.8 Å². The minimum atomic E-state index is -0.249. The third-order valence-corrected chi connectivity index (χ3v) is 9.82. The molecule has 1 saturated carbocycles. The van der Waals surface area contributed by atoms with Crippen LogP contribution in [-0.4, -0.2) is 14.1 Å². The van der Waals surface area contributed by atoms with E-state index in [9.17, 15) is 0 Å². The van der Waals surface area contributed by atoms with Gasteiger partial charge >= 0.3 is 0 Å². The van der Waals surface area contributed by atoms with Crippen LogP contribution in [-0.2, 0) is 0 Å². The Hall–Kier alpha value is 0.697. The Kier molecular flexibility index (Phi) is 6.78. The molecule has 0 spiro atoms. The predicted octanol–water partition coefficient (Wildman–Crippen LogP) is 5.62. The molecular weight excluding hydrogens is 300 g/mol. The predicted molar refractivity (Wildman–Crippen MR) is 88.4 cm³/mol. The van der Waals surface area contributed by atoms with Crippen molar-refractivity contribution in [3.63, 3.8) is 0 Å². The molecule has 0 atom stereocenters. The molecule has 0 radical (unpaired) electrons. The smallest absolute Gasteiger partial charge is 0.0367 e. The van der Waals surface area contributed by atoms with Crippen LogP contribution in [0.1, 0.15) is 58.3 Å². The lowest BCUT2D eigenvalue weighted by Gasteiger charge is -2.37. The standard InChI is InChI=1S/C16H31BrSi/c1-2-11-18-12-8-16(9-13-18)15-5-3-14(4-6-15)7-10-17/h14-16,18H,2-13H2,1H3/t14-,15-,16-,18-. The Labute approximate surface area is 124 Å². The summed E-state index contributed by atoms with van der Waals surface area (Å²) in [5.74, 6) is 3.30. The van der Waals surface area contributed by atoms with Crippen LogP contribution >= 0.6 is 15.9 Å². The van der Waals surface area contributed by atoms with Crippen molar-refractivity contribution in [3.8, 4) is 0 Å². The van der Waals surface area contributed by atoms with Crippen LogP contribution in [0.5, 0.6) is 0 Å². The molecule has 2 heteroatoms. The van der Waals surface area contributed by atoms with E-state index >= 15 is 0 Å². The van der Waals surface area contributed by atoms with Crippen molar-refractivity contribution in [2.45, 2.75) is 76.4 Å². The molecule has 0 aromatic rings. The molecule has 2 aliphatic rings. The fourth-order valence-electron chi connectivity index (χ4n) is 4.46. The average molecular weight is 331 g/mol. The zero-order valence-electron chi connectivity index (χ0n) is 12.2. The lowest BCUT2D eigenvalue weighted by Crippen LogP contribution is -2.28. The monoisotopic (exact) mass is 330 g/mol. The van der Waals surface area contributed by atoms with Gasteiger partial charge in [0.1, 0.15) is 0 Å². The molecule has 106 valence electrons. The molecule has 0 aromatic carbocycles. The number of halogens is 1. The number of rotatable bonds is 5. The van der Waals surface area contributed by atoms with Gasteiger partial charge in [0.15, 0.2) is 0 Å². The van der Waals surface area contributed by atoms with Gasteiger partial charge in [-0.2, -0.15) is 0 Å². The molecular formula is C16H31BrSi. The van der Waals surface area contributed by atoms with Crippen LogP contribution in [0.15, 0.2) is 0 Å². The van der Waals surface area contributed by atoms with Crippen LogP contribution < -0.4 is 0 Å². The summed E-state index contributed by atoms with van der Waals surface area (Å²) in [5.41, 5.74) is 0.